The molecule has 228 valence electrons. The van der Waals surface area contributed by atoms with E-state index in [1.807, 2.05) is 11.8 Å². The smallest absolute Gasteiger partial charge is 0.237 e. The second kappa shape index (κ2) is 14.2. The Hall–Kier alpha value is -1.38. The van der Waals surface area contributed by atoms with E-state index >= 15 is 0 Å². The molecule has 4 heterocycles. The third kappa shape index (κ3) is 7.71. The van der Waals surface area contributed by atoms with Crippen molar-refractivity contribution in [3.8, 4) is 0 Å². The van der Waals surface area contributed by atoms with Gasteiger partial charge in [-0.25, -0.2) is 0 Å². The van der Waals surface area contributed by atoms with Gasteiger partial charge in [0.05, 0.1) is 43.9 Å². The van der Waals surface area contributed by atoms with Gasteiger partial charge >= 0.3 is 0 Å². The summed E-state index contributed by atoms with van der Waals surface area (Å²) in [6.45, 7) is 11.2. The normalized spacial score (nSPS) is 36.1. The van der Waals surface area contributed by atoms with E-state index in [1.165, 1.54) is 0 Å². The molecule has 0 aromatic rings. The largest absolute Gasteiger partial charge is 0.390 e. The van der Waals surface area contributed by atoms with Crippen LogP contribution in [0.5, 0.6) is 0 Å². The van der Waals surface area contributed by atoms with E-state index in [4.69, 9.17) is 9.47 Å². The molecular formula is C28H51N7O5. The van der Waals surface area contributed by atoms with E-state index in [1.54, 1.807) is 0 Å². The van der Waals surface area contributed by atoms with Gasteiger partial charge in [-0.2, -0.15) is 0 Å². The summed E-state index contributed by atoms with van der Waals surface area (Å²) in [5, 5.41) is 27.0. The van der Waals surface area contributed by atoms with Crippen molar-refractivity contribution >= 4 is 11.8 Å². The number of aliphatic hydroxyl groups is 1. The van der Waals surface area contributed by atoms with E-state index in [9.17, 15) is 14.7 Å². The quantitative estimate of drug-likeness (QED) is 0.177. The van der Waals surface area contributed by atoms with Gasteiger partial charge in [-0.05, 0) is 43.6 Å². The van der Waals surface area contributed by atoms with E-state index in [0.717, 1.165) is 52.0 Å². The summed E-state index contributed by atoms with van der Waals surface area (Å²) in [5.41, 5.74) is 0. The van der Waals surface area contributed by atoms with E-state index < -0.39 is 6.10 Å². The van der Waals surface area contributed by atoms with E-state index in [2.05, 4.69) is 38.4 Å². The molecule has 8 atom stereocenters. The molecule has 1 aliphatic carbocycles. The van der Waals surface area contributed by atoms with Crippen LogP contribution in [0, 0.1) is 17.8 Å². The number of aliphatic hydroxyl groups excluding tert-OH is 1. The van der Waals surface area contributed by atoms with Gasteiger partial charge in [0.25, 0.3) is 0 Å². The van der Waals surface area contributed by atoms with Gasteiger partial charge < -0.3 is 29.7 Å². The predicted octanol–water partition coefficient (Wildman–Crippen LogP) is -1.39. The molecule has 5 aliphatic rings. The lowest BCUT2D eigenvalue weighted by molar-refractivity contribution is -0.135. The number of likely N-dealkylation sites (tertiary alicyclic amines) is 2. The molecule has 0 spiro atoms. The standard InChI is InChI=1S/C28H51N7O5/c1-3-27(37)35-12-20(13-35)33-26-8-24(31-16-32-26)28(38)30-9-21(36)14-34-7-6-23-18(2)25(5-4-19(23)11-34)39-15-22-10-29-17-40-22/h18-26,29,31-33,36H,3-17H2,1-2H3,(H,30,38)/t18?,19?,21-,22?,23?,24?,25?,26?/m0/s1. The molecule has 4 saturated heterocycles. The van der Waals surface area contributed by atoms with Crippen molar-refractivity contribution in [1.82, 2.24) is 36.4 Å². The summed E-state index contributed by atoms with van der Waals surface area (Å²) >= 11 is 0. The second-order valence-electron chi connectivity index (χ2n) is 12.5. The number of carbonyl (C=O) groups is 2. The van der Waals surface area contributed by atoms with Crippen LogP contribution in [0.2, 0.25) is 0 Å². The average Bonchev–Trinajstić information content (AvgIpc) is 3.46. The summed E-state index contributed by atoms with van der Waals surface area (Å²) in [4.78, 5) is 28.8. The van der Waals surface area contributed by atoms with Crippen molar-refractivity contribution in [1.29, 1.82) is 0 Å². The minimum atomic E-state index is -0.592. The number of ether oxygens (including phenoxy) is 2. The zero-order valence-corrected chi connectivity index (χ0v) is 24.3. The molecule has 12 nitrogen and oxygen atoms in total. The van der Waals surface area contributed by atoms with Crippen LogP contribution in [0.25, 0.3) is 0 Å². The zero-order valence-electron chi connectivity index (χ0n) is 24.3. The Morgan fingerprint density at radius 1 is 1.18 bits per heavy atom. The highest BCUT2D eigenvalue weighted by Gasteiger charge is 2.41. The molecule has 7 unspecified atom stereocenters. The molecule has 0 radical (unpaired) electrons. The highest BCUT2D eigenvalue weighted by molar-refractivity contribution is 5.82. The number of amides is 2. The van der Waals surface area contributed by atoms with Crippen LogP contribution in [0.15, 0.2) is 0 Å². The molecule has 0 bridgehead atoms. The van der Waals surface area contributed by atoms with Crippen molar-refractivity contribution in [3.63, 3.8) is 0 Å². The molecule has 0 aromatic carbocycles. The maximum Gasteiger partial charge on any atom is 0.237 e. The van der Waals surface area contributed by atoms with Crippen LogP contribution in [0.3, 0.4) is 0 Å². The highest BCUT2D eigenvalue weighted by Crippen LogP contribution is 2.41. The Morgan fingerprint density at radius 2 is 2.02 bits per heavy atom. The van der Waals surface area contributed by atoms with Gasteiger partial charge in [-0.3, -0.25) is 30.9 Å². The summed E-state index contributed by atoms with van der Waals surface area (Å²) in [7, 11) is 0. The topological polar surface area (TPSA) is 139 Å². The van der Waals surface area contributed by atoms with Crippen LogP contribution < -0.4 is 26.6 Å². The van der Waals surface area contributed by atoms with Gasteiger partial charge in [-0.1, -0.05) is 13.8 Å². The van der Waals surface area contributed by atoms with Crippen LogP contribution >= 0.6 is 0 Å². The number of nitrogens with zero attached hydrogens (tertiary/aromatic N) is 2. The number of fused-ring (bicyclic) bond motifs is 1. The minimum absolute atomic E-state index is 0.0167. The Bertz CT molecular complexity index is 840. The molecule has 5 fully saturated rings. The molecule has 2 amide bonds. The molecule has 12 heteroatoms. The van der Waals surface area contributed by atoms with Gasteiger partial charge in [-0.15, -0.1) is 0 Å². The number of piperidine rings is 1. The number of β-amino-alcohol motifs (C(OH)–C–C–N with tert-alkyl or cyclic N) is 1. The third-order valence-corrected chi connectivity index (χ3v) is 9.69. The fourth-order valence-electron chi connectivity index (χ4n) is 7.27. The predicted molar refractivity (Wildman–Crippen MR) is 150 cm³/mol. The number of hydrogen-bond donors (Lipinski definition) is 6. The van der Waals surface area contributed by atoms with Gasteiger partial charge in [0.2, 0.25) is 11.8 Å². The zero-order chi connectivity index (χ0) is 28.1. The molecule has 1 saturated carbocycles. The second-order valence-corrected chi connectivity index (χ2v) is 12.5. The van der Waals surface area contributed by atoms with E-state index in [0.29, 0.717) is 63.3 Å². The Balaban J connectivity index is 0.972. The number of nitrogens with one attached hydrogen (secondary N) is 5. The van der Waals surface area contributed by atoms with Gasteiger partial charge in [0.1, 0.15) is 0 Å². The lowest BCUT2D eigenvalue weighted by Crippen LogP contribution is -2.67. The first-order chi connectivity index (χ1) is 19.4. The molecule has 0 aromatic heterocycles. The van der Waals surface area contributed by atoms with Crippen LogP contribution in [-0.4, -0.2) is 129 Å². The fourth-order valence-corrected chi connectivity index (χ4v) is 7.27. The van der Waals surface area contributed by atoms with Crippen molar-refractivity contribution in [3.05, 3.63) is 0 Å². The molecule has 5 rings (SSSR count). The van der Waals surface area contributed by atoms with Crippen LogP contribution in [0.1, 0.15) is 46.0 Å². The summed E-state index contributed by atoms with van der Waals surface area (Å²) in [6.07, 6.45) is 4.44. The first kappa shape index (κ1) is 30.1. The summed E-state index contributed by atoms with van der Waals surface area (Å²) in [5.74, 6) is 1.95. The number of rotatable bonds is 11. The first-order valence-electron chi connectivity index (χ1n) is 15.5. The Labute approximate surface area is 238 Å². The maximum absolute atomic E-state index is 12.9. The van der Waals surface area contributed by atoms with Crippen LogP contribution in [0.4, 0.5) is 0 Å². The molecule has 40 heavy (non-hydrogen) atoms. The van der Waals surface area contributed by atoms with Gasteiger partial charge in [0, 0.05) is 64.8 Å². The lowest BCUT2D eigenvalue weighted by Gasteiger charge is -2.47. The number of hydrogen-bond acceptors (Lipinski definition) is 10. The van der Waals surface area contributed by atoms with Crippen molar-refractivity contribution in [2.24, 2.45) is 17.8 Å². The van der Waals surface area contributed by atoms with Crippen molar-refractivity contribution in [2.45, 2.75) is 82.5 Å². The third-order valence-electron chi connectivity index (χ3n) is 9.69. The van der Waals surface area contributed by atoms with E-state index in [-0.39, 0.29) is 42.7 Å². The lowest BCUT2D eigenvalue weighted by atomic mass is 9.68. The van der Waals surface area contributed by atoms with Crippen molar-refractivity contribution < 1.29 is 24.2 Å². The molecule has 6 N–H and O–H groups in total. The van der Waals surface area contributed by atoms with Crippen LogP contribution in [-0.2, 0) is 19.1 Å². The molecular weight excluding hydrogens is 514 g/mol. The first-order valence-corrected chi connectivity index (χ1v) is 15.5. The Kier molecular flexibility index (Phi) is 10.7. The fraction of sp³-hybridized carbons (Fsp3) is 0.929. The summed E-state index contributed by atoms with van der Waals surface area (Å²) < 4.78 is 11.9. The Morgan fingerprint density at radius 3 is 2.80 bits per heavy atom. The SMILES string of the molecule is CCC(=O)N1CC(NC2CC(C(=O)NC[C@H](O)CN3CCC4C(CCC(OCC5CNCO5)C4C)C3)NCN2)C1. The maximum atomic E-state index is 12.9. The van der Waals surface area contributed by atoms with Gasteiger partial charge in [0.15, 0.2) is 0 Å². The van der Waals surface area contributed by atoms with Crippen molar-refractivity contribution in [2.75, 3.05) is 65.8 Å². The monoisotopic (exact) mass is 565 g/mol. The number of carbonyl (C=O) groups excluding carboxylic acids is 2. The summed E-state index contributed by atoms with van der Waals surface area (Å²) in [6, 6.07) is -0.0547. The average molecular weight is 566 g/mol. The molecule has 4 aliphatic heterocycles. The minimum Gasteiger partial charge on any atom is -0.390 e. The highest BCUT2D eigenvalue weighted by atomic mass is 16.5.